The molecule has 8 heteroatoms. The van der Waals surface area contributed by atoms with Crippen molar-refractivity contribution in [3.63, 3.8) is 0 Å². The Balaban J connectivity index is 1.70. The Bertz CT molecular complexity index is 952. The summed E-state index contributed by atoms with van der Waals surface area (Å²) in [6.07, 6.45) is 1.79. The summed E-state index contributed by atoms with van der Waals surface area (Å²) in [7, 11) is 0. The first kappa shape index (κ1) is 21.6. The molecule has 0 spiro atoms. The first-order valence-corrected chi connectivity index (χ1v) is 11.5. The Kier molecular flexibility index (Phi) is 7.52. The molecular weight excluding hydrogens is 424 g/mol. The van der Waals surface area contributed by atoms with Gasteiger partial charge >= 0.3 is 0 Å². The molecule has 0 saturated carbocycles. The molecule has 1 atom stereocenters. The third-order valence-corrected chi connectivity index (χ3v) is 6.47. The second kappa shape index (κ2) is 10.1. The van der Waals surface area contributed by atoms with Crippen molar-refractivity contribution in [2.75, 3.05) is 5.75 Å². The maximum atomic E-state index is 12.6. The molecule has 0 aliphatic heterocycles. The van der Waals surface area contributed by atoms with Gasteiger partial charge in [-0.2, -0.15) is 0 Å². The van der Waals surface area contributed by atoms with E-state index in [-0.39, 0.29) is 17.7 Å². The Morgan fingerprint density at radius 3 is 2.69 bits per heavy atom. The molecule has 0 aliphatic carbocycles. The molecule has 5 nitrogen and oxygen atoms in total. The summed E-state index contributed by atoms with van der Waals surface area (Å²) in [6.45, 7) is 8.59. The topological polar surface area (TPSA) is 59.8 Å². The van der Waals surface area contributed by atoms with Crippen molar-refractivity contribution in [3.8, 4) is 11.4 Å². The van der Waals surface area contributed by atoms with Crippen LogP contribution in [0, 0.1) is 5.92 Å². The fourth-order valence-corrected chi connectivity index (χ4v) is 4.72. The molecule has 29 heavy (non-hydrogen) atoms. The number of aromatic nitrogens is 3. The van der Waals surface area contributed by atoms with Crippen LogP contribution in [-0.2, 0) is 11.3 Å². The second-order valence-electron chi connectivity index (χ2n) is 6.81. The number of amides is 1. The molecule has 152 valence electrons. The molecule has 1 amide bonds. The highest BCUT2D eigenvalue weighted by atomic mass is 35.5. The lowest BCUT2D eigenvalue weighted by atomic mass is 10.0. The zero-order valence-corrected chi connectivity index (χ0v) is 18.7. The van der Waals surface area contributed by atoms with Gasteiger partial charge in [0.05, 0.1) is 11.8 Å². The van der Waals surface area contributed by atoms with Crippen molar-refractivity contribution in [3.05, 3.63) is 64.3 Å². The lowest BCUT2D eigenvalue weighted by Crippen LogP contribution is -2.32. The normalized spacial score (nSPS) is 12.1. The highest BCUT2D eigenvalue weighted by Gasteiger charge is 2.20. The van der Waals surface area contributed by atoms with E-state index in [1.807, 2.05) is 40.3 Å². The fourth-order valence-electron chi connectivity index (χ4n) is 2.88. The van der Waals surface area contributed by atoms with Gasteiger partial charge in [0.25, 0.3) is 0 Å². The number of nitrogens with zero attached hydrogens (tertiary/aromatic N) is 3. The largest absolute Gasteiger partial charge is 0.347 e. The lowest BCUT2D eigenvalue weighted by Gasteiger charge is -2.21. The molecule has 2 aromatic heterocycles. The van der Waals surface area contributed by atoms with Crippen LogP contribution in [0.5, 0.6) is 0 Å². The number of carbonyl (C=O) groups is 1. The third kappa shape index (κ3) is 5.50. The maximum Gasteiger partial charge on any atom is 0.230 e. The summed E-state index contributed by atoms with van der Waals surface area (Å²) in [5.41, 5.74) is 0.914. The zero-order valence-electron chi connectivity index (χ0n) is 16.3. The minimum Gasteiger partial charge on any atom is -0.347 e. The Morgan fingerprint density at radius 2 is 2.07 bits per heavy atom. The first-order chi connectivity index (χ1) is 14.0. The molecule has 0 radical (unpaired) electrons. The molecule has 1 unspecified atom stereocenters. The summed E-state index contributed by atoms with van der Waals surface area (Å²) in [4.78, 5) is 13.8. The Morgan fingerprint density at radius 1 is 1.31 bits per heavy atom. The van der Waals surface area contributed by atoms with E-state index < -0.39 is 0 Å². The molecule has 0 fully saturated rings. The molecule has 2 heterocycles. The average Bonchev–Trinajstić information content (AvgIpc) is 3.36. The fraction of sp³-hybridized carbons (Fsp3) is 0.286. The van der Waals surface area contributed by atoms with Crippen LogP contribution in [0.1, 0.15) is 24.8 Å². The van der Waals surface area contributed by atoms with Gasteiger partial charge in [0, 0.05) is 22.0 Å². The van der Waals surface area contributed by atoms with Gasteiger partial charge in [-0.1, -0.05) is 49.4 Å². The molecule has 0 saturated heterocycles. The highest BCUT2D eigenvalue weighted by molar-refractivity contribution is 7.99. The number of allylic oxidation sites excluding steroid dienone is 1. The van der Waals surface area contributed by atoms with Crippen LogP contribution in [-0.4, -0.2) is 26.4 Å². The van der Waals surface area contributed by atoms with Crippen LogP contribution in [0.4, 0.5) is 0 Å². The van der Waals surface area contributed by atoms with Crippen LogP contribution in [0.2, 0.25) is 5.02 Å². The third-order valence-electron chi connectivity index (χ3n) is 4.30. The van der Waals surface area contributed by atoms with Crippen molar-refractivity contribution >= 4 is 40.6 Å². The number of nitrogens with one attached hydrogen (secondary N) is 1. The highest BCUT2D eigenvalue weighted by Crippen LogP contribution is 2.27. The summed E-state index contributed by atoms with van der Waals surface area (Å²) < 4.78 is 1.95. The summed E-state index contributed by atoms with van der Waals surface area (Å²) in [5, 5.41) is 15.1. The number of thioether (sulfide) groups is 1. The van der Waals surface area contributed by atoms with E-state index in [2.05, 4.69) is 42.0 Å². The zero-order chi connectivity index (χ0) is 20.8. The predicted molar refractivity (Wildman–Crippen MR) is 121 cm³/mol. The van der Waals surface area contributed by atoms with E-state index >= 15 is 0 Å². The van der Waals surface area contributed by atoms with E-state index in [0.717, 1.165) is 16.3 Å². The van der Waals surface area contributed by atoms with Gasteiger partial charge in [-0.3, -0.25) is 9.36 Å². The molecule has 0 aliphatic rings. The second-order valence-corrected chi connectivity index (χ2v) is 9.16. The van der Waals surface area contributed by atoms with Gasteiger partial charge in [-0.25, -0.2) is 0 Å². The van der Waals surface area contributed by atoms with Crippen LogP contribution in [0.3, 0.4) is 0 Å². The molecule has 1 N–H and O–H groups in total. The Hall–Kier alpha value is -2.09. The van der Waals surface area contributed by atoms with Crippen LogP contribution in [0.25, 0.3) is 11.4 Å². The minimum atomic E-state index is -0.0247. The van der Waals surface area contributed by atoms with E-state index in [1.165, 1.54) is 11.8 Å². The minimum absolute atomic E-state index is 0.0128. The summed E-state index contributed by atoms with van der Waals surface area (Å²) in [6, 6.07) is 11.5. The van der Waals surface area contributed by atoms with Crippen molar-refractivity contribution in [1.82, 2.24) is 20.1 Å². The van der Waals surface area contributed by atoms with Crippen molar-refractivity contribution in [2.45, 2.75) is 31.6 Å². The van der Waals surface area contributed by atoms with Gasteiger partial charge in [0.15, 0.2) is 11.0 Å². The number of benzene rings is 1. The Labute approximate surface area is 184 Å². The molecule has 3 aromatic rings. The lowest BCUT2D eigenvalue weighted by molar-refractivity contribution is -0.119. The standard InChI is InChI=1S/C21H23ClN4OS2/c1-4-11-26-20(15-7-9-16(22)10-8-15)24-25-21(26)29-13-18(27)23-19(14(2)3)17-6-5-12-28-17/h4-10,12,14,19H,1,11,13H2,2-3H3,(H,23,27). The number of carbonyl (C=O) groups excluding carboxylic acids is 1. The summed E-state index contributed by atoms with van der Waals surface area (Å²) >= 11 is 9.01. The van der Waals surface area contributed by atoms with E-state index in [4.69, 9.17) is 11.6 Å². The number of halogens is 1. The van der Waals surface area contributed by atoms with E-state index in [0.29, 0.717) is 22.6 Å². The number of hydrogen-bond donors (Lipinski definition) is 1. The van der Waals surface area contributed by atoms with E-state index in [9.17, 15) is 4.79 Å². The average molecular weight is 447 g/mol. The number of hydrogen-bond acceptors (Lipinski definition) is 5. The number of rotatable bonds is 9. The smallest absolute Gasteiger partial charge is 0.230 e. The summed E-state index contributed by atoms with van der Waals surface area (Å²) in [5.74, 6) is 1.28. The molecule has 0 bridgehead atoms. The molecular formula is C21H23ClN4OS2. The van der Waals surface area contributed by atoms with Gasteiger partial charge < -0.3 is 5.32 Å². The first-order valence-electron chi connectivity index (χ1n) is 9.25. The van der Waals surface area contributed by atoms with Gasteiger partial charge in [0.1, 0.15) is 0 Å². The van der Waals surface area contributed by atoms with E-state index in [1.54, 1.807) is 17.4 Å². The quantitative estimate of drug-likeness (QED) is 0.350. The van der Waals surface area contributed by atoms with Crippen molar-refractivity contribution < 1.29 is 4.79 Å². The molecule has 1 aromatic carbocycles. The van der Waals surface area contributed by atoms with Gasteiger partial charge in [0.2, 0.25) is 5.91 Å². The SMILES string of the molecule is C=CCn1c(SCC(=O)NC(c2cccs2)C(C)C)nnc1-c1ccc(Cl)cc1. The van der Waals surface area contributed by atoms with Crippen molar-refractivity contribution in [2.24, 2.45) is 5.92 Å². The van der Waals surface area contributed by atoms with Crippen LogP contribution < -0.4 is 5.32 Å². The number of thiophene rings is 1. The maximum absolute atomic E-state index is 12.6. The van der Waals surface area contributed by atoms with Crippen LogP contribution in [0.15, 0.2) is 59.6 Å². The van der Waals surface area contributed by atoms with Crippen LogP contribution >= 0.6 is 34.7 Å². The van der Waals surface area contributed by atoms with Gasteiger partial charge in [-0.05, 0) is 41.6 Å². The van der Waals surface area contributed by atoms with Gasteiger partial charge in [-0.15, -0.1) is 28.1 Å². The molecule has 3 rings (SSSR count). The monoisotopic (exact) mass is 446 g/mol. The van der Waals surface area contributed by atoms with Crippen molar-refractivity contribution in [1.29, 1.82) is 0 Å². The predicted octanol–water partition coefficient (Wildman–Crippen LogP) is 5.45.